The highest BCUT2D eigenvalue weighted by Crippen LogP contribution is 2.21. The van der Waals surface area contributed by atoms with Gasteiger partial charge in [-0.15, -0.1) is 0 Å². The van der Waals surface area contributed by atoms with Gasteiger partial charge in [0, 0.05) is 37.8 Å². The molecule has 0 bridgehead atoms. The van der Waals surface area contributed by atoms with E-state index in [4.69, 9.17) is 0 Å². The maximum absolute atomic E-state index is 12.2. The first-order valence-electron chi connectivity index (χ1n) is 8.24. The Hall–Kier alpha value is -1.95. The number of hydrogen-bond donors (Lipinski definition) is 0. The van der Waals surface area contributed by atoms with Gasteiger partial charge >= 0.3 is 0 Å². The van der Waals surface area contributed by atoms with Crippen molar-refractivity contribution in [1.29, 1.82) is 0 Å². The van der Waals surface area contributed by atoms with Crippen LogP contribution in [0.3, 0.4) is 0 Å². The first kappa shape index (κ1) is 16.9. The normalized spacial score (nSPS) is 16.1. The number of piperazine rings is 1. The molecule has 0 saturated carbocycles. The molecular formula is C18H21BrN4O. The maximum Gasteiger partial charge on any atom is 0.236 e. The number of rotatable bonds is 4. The fourth-order valence-corrected chi connectivity index (χ4v) is 3.10. The highest BCUT2D eigenvalue weighted by molar-refractivity contribution is 9.10. The van der Waals surface area contributed by atoms with Crippen molar-refractivity contribution >= 4 is 27.7 Å². The smallest absolute Gasteiger partial charge is 0.236 e. The molecular weight excluding hydrogens is 368 g/mol. The van der Waals surface area contributed by atoms with Crippen LogP contribution >= 0.6 is 15.9 Å². The van der Waals surface area contributed by atoms with Crippen LogP contribution in [0.25, 0.3) is 11.3 Å². The standard InChI is InChI=1S/C18H21BrN4O/c1-2-15(19)18(24)23-10-8-22(9-11-23)17-12-16(20-13-21-17)14-6-4-3-5-7-14/h3-7,12-13,15H,2,8-11H2,1H3. The molecule has 1 saturated heterocycles. The Morgan fingerprint density at radius 1 is 1.17 bits per heavy atom. The van der Waals surface area contributed by atoms with Crippen molar-refractivity contribution in [2.45, 2.75) is 18.2 Å². The second-order valence-corrected chi connectivity index (χ2v) is 6.92. The van der Waals surface area contributed by atoms with Crippen LogP contribution in [-0.4, -0.2) is 51.8 Å². The number of carbonyl (C=O) groups is 1. The average Bonchev–Trinajstić information content (AvgIpc) is 2.67. The van der Waals surface area contributed by atoms with Crippen molar-refractivity contribution in [3.05, 3.63) is 42.7 Å². The highest BCUT2D eigenvalue weighted by atomic mass is 79.9. The van der Waals surface area contributed by atoms with E-state index in [1.54, 1.807) is 6.33 Å². The van der Waals surface area contributed by atoms with E-state index in [-0.39, 0.29) is 10.7 Å². The Balaban J connectivity index is 1.68. The molecule has 5 nitrogen and oxygen atoms in total. The lowest BCUT2D eigenvalue weighted by Gasteiger charge is -2.36. The minimum atomic E-state index is -0.0761. The summed E-state index contributed by atoms with van der Waals surface area (Å²) in [5.74, 6) is 1.10. The van der Waals surface area contributed by atoms with Gasteiger partial charge in [-0.1, -0.05) is 53.2 Å². The molecule has 126 valence electrons. The third kappa shape index (κ3) is 3.75. The van der Waals surface area contributed by atoms with E-state index in [1.165, 1.54) is 0 Å². The average molecular weight is 389 g/mol. The Morgan fingerprint density at radius 3 is 2.54 bits per heavy atom. The zero-order chi connectivity index (χ0) is 16.9. The lowest BCUT2D eigenvalue weighted by Crippen LogP contribution is -2.50. The third-order valence-corrected chi connectivity index (χ3v) is 5.30. The number of halogens is 1. The number of nitrogens with zero attached hydrogens (tertiary/aromatic N) is 4. The second kappa shape index (κ2) is 7.75. The predicted octanol–water partition coefficient (Wildman–Crippen LogP) is 2.97. The SMILES string of the molecule is CCC(Br)C(=O)N1CCN(c2cc(-c3ccccc3)ncn2)CC1. The zero-order valence-electron chi connectivity index (χ0n) is 13.7. The minimum absolute atomic E-state index is 0.0761. The summed E-state index contributed by atoms with van der Waals surface area (Å²) in [5.41, 5.74) is 2.01. The van der Waals surface area contributed by atoms with Crippen LogP contribution in [0.5, 0.6) is 0 Å². The van der Waals surface area contributed by atoms with Crippen molar-refractivity contribution in [2.24, 2.45) is 0 Å². The fourth-order valence-electron chi connectivity index (χ4n) is 2.82. The fraction of sp³-hybridized carbons (Fsp3) is 0.389. The highest BCUT2D eigenvalue weighted by Gasteiger charge is 2.25. The number of benzene rings is 1. The van der Waals surface area contributed by atoms with Gasteiger partial charge in [-0.2, -0.15) is 0 Å². The molecule has 2 aromatic rings. The van der Waals surface area contributed by atoms with Gasteiger partial charge in [0.1, 0.15) is 12.1 Å². The molecule has 24 heavy (non-hydrogen) atoms. The van der Waals surface area contributed by atoms with E-state index in [0.717, 1.165) is 49.7 Å². The summed E-state index contributed by atoms with van der Waals surface area (Å²) in [6.45, 7) is 5.05. The second-order valence-electron chi connectivity index (χ2n) is 5.82. The molecule has 1 aromatic carbocycles. The number of hydrogen-bond acceptors (Lipinski definition) is 4. The molecule has 0 N–H and O–H groups in total. The topological polar surface area (TPSA) is 49.3 Å². The van der Waals surface area contributed by atoms with E-state index >= 15 is 0 Å². The summed E-state index contributed by atoms with van der Waals surface area (Å²) in [6, 6.07) is 12.1. The number of aromatic nitrogens is 2. The number of amides is 1. The van der Waals surface area contributed by atoms with E-state index in [9.17, 15) is 4.79 Å². The Morgan fingerprint density at radius 2 is 1.88 bits per heavy atom. The first-order chi connectivity index (χ1) is 11.7. The molecule has 1 aliphatic heterocycles. The number of alkyl halides is 1. The van der Waals surface area contributed by atoms with Gasteiger partial charge in [0.05, 0.1) is 10.5 Å². The summed E-state index contributed by atoms with van der Waals surface area (Å²) in [5, 5.41) is 0. The Labute approximate surface area is 150 Å². The first-order valence-corrected chi connectivity index (χ1v) is 9.16. The quantitative estimate of drug-likeness (QED) is 0.755. The van der Waals surface area contributed by atoms with Gasteiger partial charge in [0.25, 0.3) is 0 Å². The Bertz CT molecular complexity index is 686. The molecule has 1 aliphatic rings. The van der Waals surface area contributed by atoms with Crippen molar-refractivity contribution in [2.75, 3.05) is 31.1 Å². The van der Waals surface area contributed by atoms with Gasteiger partial charge in [-0.3, -0.25) is 4.79 Å². The molecule has 1 unspecified atom stereocenters. The lowest BCUT2D eigenvalue weighted by atomic mass is 10.1. The minimum Gasteiger partial charge on any atom is -0.353 e. The molecule has 6 heteroatoms. The summed E-state index contributed by atoms with van der Waals surface area (Å²) in [6.07, 6.45) is 2.42. The molecule has 0 spiro atoms. The lowest BCUT2D eigenvalue weighted by molar-refractivity contribution is -0.130. The molecule has 1 atom stereocenters. The third-order valence-electron chi connectivity index (χ3n) is 4.26. The van der Waals surface area contributed by atoms with Crippen LogP contribution < -0.4 is 4.90 Å². The van der Waals surface area contributed by atoms with Gasteiger partial charge < -0.3 is 9.80 Å². The molecule has 0 aliphatic carbocycles. The summed E-state index contributed by atoms with van der Waals surface area (Å²) >= 11 is 3.45. The van der Waals surface area contributed by atoms with Crippen LogP contribution in [0, 0.1) is 0 Å². The van der Waals surface area contributed by atoms with Gasteiger partial charge in [0.15, 0.2) is 0 Å². The van der Waals surface area contributed by atoms with Crippen LogP contribution in [0.2, 0.25) is 0 Å². The van der Waals surface area contributed by atoms with Crippen molar-refractivity contribution in [3.8, 4) is 11.3 Å². The van der Waals surface area contributed by atoms with Crippen molar-refractivity contribution in [3.63, 3.8) is 0 Å². The van der Waals surface area contributed by atoms with E-state index < -0.39 is 0 Å². The van der Waals surface area contributed by atoms with Crippen molar-refractivity contribution in [1.82, 2.24) is 14.9 Å². The van der Waals surface area contributed by atoms with E-state index in [1.807, 2.05) is 48.2 Å². The van der Waals surface area contributed by atoms with Gasteiger partial charge in [-0.05, 0) is 6.42 Å². The maximum atomic E-state index is 12.2. The largest absolute Gasteiger partial charge is 0.353 e. The number of carbonyl (C=O) groups excluding carboxylic acids is 1. The molecule has 1 amide bonds. The van der Waals surface area contributed by atoms with Crippen molar-refractivity contribution < 1.29 is 4.79 Å². The van der Waals surface area contributed by atoms with E-state index in [0.29, 0.717) is 0 Å². The summed E-state index contributed by atoms with van der Waals surface area (Å²) in [7, 11) is 0. The van der Waals surface area contributed by atoms with Crippen LogP contribution in [0.4, 0.5) is 5.82 Å². The van der Waals surface area contributed by atoms with Crippen LogP contribution in [0.1, 0.15) is 13.3 Å². The molecule has 0 radical (unpaired) electrons. The van der Waals surface area contributed by atoms with Gasteiger partial charge in [-0.25, -0.2) is 9.97 Å². The van der Waals surface area contributed by atoms with Crippen LogP contribution in [0.15, 0.2) is 42.7 Å². The molecule has 1 aromatic heterocycles. The molecule has 2 heterocycles. The molecule has 3 rings (SSSR count). The van der Waals surface area contributed by atoms with E-state index in [2.05, 4.69) is 30.8 Å². The predicted molar refractivity (Wildman–Crippen MR) is 99.3 cm³/mol. The van der Waals surface area contributed by atoms with Crippen LogP contribution in [-0.2, 0) is 4.79 Å². The number of anilines is 1. The summed E-state index contributed by atoms with van der Waals surface area (Å²) in [4.78, 5) is 25.1. The van der Waals surface area contributed by atoms with Gasteiger partial charge in [0.2, 0.25) is 5.91 Å². The Kier molecular flexibility index (Phi) is 5.45. The zero-order valence-corrected chi connectivity index (χ0v) is 15.3. The molecule has 1 fully saturated rings. The summed E-state index contributed by atoms with van der Waals surface area (Å²) < 4.78 is 0. The monoisotopic (exact) mass is 388 g/mol.